The van der Waals surface area contributed by atoms with Crippen molar-refractivity contribution in [3.05, 3.63) is 0 Å². The minimum absolute atomic E-state index is 0.182. The normalized spacial score (nSPS) is 25.1. The number of carbonyl (C=O) groups excluding carboxylic acids is 1. The summed E-state index contributed by atoms with van der Waals surface area (Å²) >= 11 is 0. The average Bonchev–Trinajstić information content (AvgIpc) is 2.39. The van der Waals surface area contributed by atoms with E-state index in [9.17, 15) is 4.79 Å². The Morgan fingerprint density at radius 3 is 2.78 bits per heavy atom. The molecule has 1 aliphatic rings. The molecule has 2 N–H and O–H groups in total. The third-order valence-electron chi connectivity index (χ3n) is 3.93. The molecule has 0 aromatic heterocycles. The lowest BCUT2D eigenvalue weighted by Gasteiger charge is -2.37. The van der Waals surface area contributed by atoms with E-state index in [4.69, 9.17) is 0 Å². The number of likely N-dealkylation sites (tertiary alicyclic amines) is 1. The van der Waals surface area contributed by atoms with Crippen molar-refractivity contribution in [2.24, 2.45) is 5.92 Å². The van der Waals surface area contributed by atoms with Crippen molar-refractivity contribution in [2.45, 2.75) is 45.6 Å². The monoisotopic (exact) mass is 255 g/mol. The Balaban J connectivity index is 2.28. The van der Waals surface area contributed by atoms with Gasteiger partial charge in [0.15, 0.2) is 0 Å². The molecule has 1 rings (SSSR count). The summed E-state index contributed by atoms with van der Waals surface area (Å²) in [5, 5.41) is 6.39. The first-order chi connectivity index (χ1) is 8.71. The number of amides is 1. The molecular formula is C14H29N3O. The zero-order valence-electron chi connectivity index (χ0n) is 12.2. The van der Waals surface area contributed by atoms with Gasteiger partial charge < -0.3 is 10.6 Å². The molecule has 1 heterocycles. The van der Waals surface area contributed by atoms with Crippen molar-refractivity contribution >= 4 is 5.91 Å². The second kappa shape index (κ2) is 8.48. The molecule has 1 fully saturated rings. The number of unbranched alkanes of at least 4 members (excludes halogenated alkanes) is 1. The standard InChI is InChI=1S/C14H29N3O/c1-4-6-8-16-14(18)11-17-9-7-13(15-3)12(5-2)10-17/h12-13,15H,4-11H2,1-3H3,(H,16,18). The summed E-state index contributed by atoms with van der Waals surface area (Å²) in [5.74, 6) is 0.855. The zero-order valence-corrected chi connectivity index (χ0v) is 12.2. The van der Waals surface area contributed by atoms with Crippen LogP contribution in [-0.2, 0) is 4.79 Å². The molecule has 4 nitrogen and oxygen atoms in total. The van der Waals surface area contributed by atoms with Crippen LogP contribution in [0.5, 0.6) is 0 Å². The summed E-state index contributed by atoms with van der Waals surface area (Å²) in [7, 11) is 2.04. The molecule has 0 bridgehead atoms. The molecule has 4 heteroatoms. The predicted octanol–water partition coefficient (Wildman–Crippen LogP) is 1.22. The number of rotatable bonds is 7. The zero-order chi connectivity index (χ0) is 13.4. The highest BCUT2D eigenvalue weighted by atomic mass is 16.2. The minimum Gasteiger partial charge on any atom is -0.355 e. The van der Waals surface area contributed by atoms with Crippen molar-refractivity contribution < 1.29 is 4.79 Å². The second-order valence-electron chi connectivity index (χ2n) is 5.29. The van der Waals surface area contributed by atoms with Crippen molar-refractivity contribution in [3.8, 4) is 0 Å². The third kappa shape index (κ3) is 4.94. The molecule has 0 aromatic carbocycles. The quantitative estimate of drug-likeness (QED) is 0.672. The Morgan fingerprint density at radius 1 is 1.39 bits per heavy atom. The van der Waals surface area contributed by atoms with Crippen LogP contribution < -0.4 is 10.6 Å². The van der Waals surface area contributed by atoms with Gasteiger partial charge in [0.25, 0.3) is 0 Å². The molecule has 2 atom stereocenters. The van der Waals surface area contributed by atoms with Gasteiger partial charge in [0.2, 0.25) is 5.91 Å². The van der Waals surface area contributed by atoms with E-state index >= 15 is 0 Å². The van der Waals surface area contributed by atoms with Gasteiger partial charge in [0, 0.05) is 25.7 Å². The number of hydrogen-bond donors (Lipinski definition) is 2. The fourth-order valence-corrected chi connectivity index (χ4v) is 2.71. The van der Waals surface area contributed by atoms with Crippen LogP contribution in [0.25, 0.3) is 0 Å². The molecule has 2 unspecified atom stereocenters. The lowest BCUT2D eigenvalue weighted by Crippen LogP contribution is -2.50. The molecule has 18 heavy (non-hydrogen) atoms. The van der Waals surface area contributed by atoms with Gasteiger partial charge in [-0.3, -0.25) is 9.69 Å². The SMILES string of the molecule is CCCCNC(=O)CN1CCC(NC)C(CC)C1. The largest absolute Gasteiger partial charge is 0.355 e. The number of hydrogen-bond acceptors (Lipinski definition) is 3. The summed E-state index contributed by atoms with van der Waals surface area (Å²) in [6, 6.07) is 0.620. The van der Waals surface area contributed by atoms with Gasteiger partial charge in [-0.1, -0.05) is 26.7 Å². The molecule has 0 radical (unpaired) electrons. The van der Waals surface area contributed by atoms with Crippen LogP contribution in [0.15, 0.2) is 0 Å². The van der Waals surface area contributed by atoms with Crippen LogP contribution in [0.3, 0.4) is 0 Å². The number of piperidine rings is 1. The van der Waals surface area contributed by atoms with E-state index in [1.807, 2.05) is 7.05 Å². The van der Waals surface area contributed by atoms with Crippen molar-refractivity contribution in [1.82, 2.24) is 15.5 Å². The lowest BCUT2D eigenvalue weighted by atomic mass is 9.90. The van der Waals surface area contributed by atoms with E-state index in [1.54, 1.807) is 0 Å². The van der Waals surface area contributed by atoms with Crippen molar-refractivity contribution in [1.29, 1.82) is 0 Å². The maximum atomic E-state index is 11.8. The molecule has 1 amide bonds. The first-order valence-electron chi connectivity index (χ1n) is 7.37. The summed E-state index contributed by atoms with van der Waals surface area (Å²) in [5.41, 5.74) is 0. The van der Waals surface area contributed by atoms with Gasteiger partial charge in [-0.25, -0.2) is 0 Å². The molecule has 0 saturated carbocycles. The van der Waals surface area contributed by atoms with E-state index in [-0.39, 0.29) is 5.91 Å². The third-order valence-corrected chi connectivity index (χ3v) is 3.93. The Morgan fingerprint density at radius 2 is 2.17 bits per heavy atom. The highest BCUT2D eigenvalue weighted by Gasteiger charge is 2.27. The van der Waals surface area contributed by atoms with E-state index < -0.39 is 0 Å². The van der Waals surface area contributed by atoms with Crippen LogP contribution in [0, 0.1) is 5.92 Å². The van der Waals surface area contributed by atoms with Gasteiger partial charge in [-0.15, -0.1) is 0 Å². The highest BCUT2D eigenvalue weighted by Crippen LogP contribution is 2.19. The summed E-state index contributed by atoms with van der Waals surface area (Å²) in [6.45, 7) is 7.84. The van der Waals surface area contributed by atoms with Gasteiger partial charge >= 0.3 is 0 Å². The Labute approximate surface area is 111 Å². The van der Waals surface area contributed by atoms with Gasteiger partial charge in [-0.05, 0) is 25.8 Å². The van der Waals surface area contributed by atoms with Crippen LogP contribution in [0.4, 0.5) is 0 Å². The topological polar surface area (TPSA) is 44.4 Å². The maximum Gasteiger partial charge on any atom is 0.234 e. The summed E-state index contributed by atoms with van der Waals surface area (Å²) in [4.78, 5) is 14.1. The van der Waals surface area contributed by atoms with Crippen LogP contribution in [0.2, 0.25) is 0 Å². The Bertz CT molecular complexity index is 245. The smallest absolute Gasteiger partial charge is 0.234 e. The van der Waals surface area contributed by atoms with Crippen molar-refractivity contribution in [3.63, 3.8) is 0 Å². The first-order valence-corrected chi connectivity index (χ1v) is 7.37. The van der Waals surface area contributed by atoms with Crippen molar-refractivity contribution in [2.75, 3.05) is 33.2 Å². The van der Waals surface area contributed by atoms with E-state index in [2.05, 4.69) is 29.4 Å². The van der Waals surface area contributed by atoms with E-state index in [1.165, 1.54) is 6.42 Å². The molecule has 1 aliphatic heterocycles. The second-order valence-corrected chi connectivity index (χ2v) is 5.29. The fourth-order valence-electron chi connectivity index (χ4n) is 2.71. The maximum absolute atomic E-state index is 11.8. The van der Waals surface area contributed by atoms with Gasteiger partial charge in [-0.2, -0.15) is 0 Å². The summed E-state index contributed by atoms with van der Waals surface area (Å²) < 4.78 is 0. The molecular weight excluding hydrogens is 226 g/mol. The molecule has 0 aliphatic carbocycles. The molecule has 0 aromatic rings. The average molecular weight is 255 g/mol. The first kappa shape index (κ1) is 15.4. The van der Waals surface area contributed by atoms with Crippen LogP contribution >= 0.6 is 0 Å². The van der Waals surface area contributed by atoms with Crippen LogP contribution in [-0.4, -0.2) is 50.1 Å². The van der Waals surface area contributed by atoms with E-state index in [0.29, 0.717) is 18.5 Å². The van der Waals surface area contributed by atoms with Crippen LogP contribution in [0.1, 0.15) is 39.5 Å². The highest BCUT2D eigenvalue weighted by molar-refractivity contribution is 5.77. The van der Waals surface area contributed by atoms with Gasteiger partial charge in [0.1, 0.15) is 0 Å². The minimum atomic E-state index is 0.182. The lowest BCUT2D eigenvalue weighted by molar-refractivity contribution is -0.122. The predicted molar refractivity (Wildman–Crippen MR) is 75.6 cm³/mol. The number of nitrogens with one attached hydrogen (secondary N) is 2. The number of carbonyl (C=O) groups is 1. The molecule has 106 valence electrons. The Kier molecular flexibility index (Phi) is 7.28. The van der Waals surface area contributed by atoms with E-state index in [0.717, 1.165) is 38.9 Å². The summed E-state index contributed by atoms with van der Waals surface area (Å²) in [6.07, 6.45) is 4.54. The fraction of sp³-hybridized carbons (Fsp3) is 0.929. The Hall–Kier alpha value is -0.610. The molecule has 1 saturated heterocycles. The molecule has 0 spiro atoms. The van der Waals surface area contributed by atoms with Gasteiger partial charge in [0.05, 0.1) is 6.54 Å². The number of nitrogens with zero attached hydrogens (tertiary/aromatic N) is 1.